The van der Waals surface area contributed by atoms with Gasteiger partial charge in [-0.05, 0) is 43.3 Å². The molecule has 0 spiro atoms. The minimum Gasteiger partial charge on any atom is -0.383 e. The summed E-state index contributed by atoms with van der Waals surface area (Å²) in [6.45, 7) is 1.03. The molecule has 5 heteroatoms. The molecule has 2 bridgehead atoms. The van der Waals surface area contributed by atoms with Gasteiger partial charge in [0.2, 0.25) is 0 Å². The number of nitrogen functional groups attached to an aromatic ring is 1. The molecule has 0 saturated heterocycles. The first-order valence-corrected chi connectivity index (χ1v) is 7.89. The van der Waals surface area contributed by atoms with E-state index in [-0.39, 0.29) is 0 Å². The van der Waals surface area contributed by atoms with Gasteiger partial charge in [0.25, 0.3) is 0 Å². The van der Waals surface area contributed by atoms with Crippen LogP contribution in [0, 0.1) is 17.8 Å². The molecule has 0 aromatic carbocycles. The summed E-state index contributed by atoms with van der Waals surface area (Å²) >= 11 is 1.53. The molecular weight excluding hydrogens is 244 g/mol. The Labute approximate surface area is 112 Å². The Hall–Kier alpha value is -0.970. The zero-order valence-corrected chi connectivity index (χ0v) is 11.5. The van der Waals surface area contributed by atoms with Crippen LogP contribution < -0.4 is 11.1 Å². The van der Waals surface area contributed by atoms with E-state index in [9.17, 15) is 0 Å². The van der Waals surface area contributed by atoms with E-state index in [1.54, 1.807) is 0 Å². The quantitative estimate of drug-likeness (QED) is 0.646. The van der Waals surface area contributed by atoms with Crippen molar-refractivity contribution in [2.24, 2.45) is 17.8 Å². The van der Waals surface area contributed by atoms with Crippen LogP contribution in [0.25, 0.3) is 0 Å². The topological polar surface area (TPSA) is 63.8 Å². The predicted molar refractivity (Wildman–Crippen MR) is 75.7 cm³/mol. The molecular formula is C13H20N4S. The summed E-state index contributed by atoms with van der Waals surface area (Å²) in [5, 5.41) is 4.18. The molecule has 1 heterocycles. The number of nitrogens with two attached hydrogens (primary N) is 1. The fraction of sp³-hybridized carbons (Fsp3) is 0.692. The molecule has 2 fully saturated rings. The van der Waals surface area contributed by atoms with E-state index in [2.05, 4.69) is 15.3 Å². The highest BCUT2D eigenvalue weighted by molar-refractivity contribution is 7.98. The van der Waals surface area contributed by atoms with E-state index in [1.165, 1.54) is 37.4 Å². The standard InChI is InChI=1S/C13H20N4S/c1-18-13-16-11(14)6-12(17-13)15-7-10-5-8-2-3-9(10)4-8/h6,8-10H,2-5,7H2,1H3,(H3,14,15,16,17). The predicted octanol–water partition coefficient (Wildman–Crippen LogP) is 2.63. The minimum absolute atomic E-state index is 0.546. The maximum atomic E-state index is 5.77. The fourth-order valence-electron chi connectivity index (χ4n) is 3.49. The second-order valence-corrected chi connectivity index (χ2v) is 6.25. The van der Waals surface area contributed by atoms with Gasteiger partial charge in [-0.25, -0.2) is 9.97 Å². The molecule has 1 aromatic rings. The SMILES string of the molecule is CSc1nc(N)cc(NCC2CC3CCC2C3)n1. The monoisotopic (exact) mass is 264 g/mol. The first-order valence-electron chi connectivity index (χ1n) is 6.67. The molecule has 0 radical (unpaired) electrons. The van der Waals surface area contributed by atoms with E-state index in [1.807, 2.05) is 12.3 Å². The number of thioether (sulfide) groups is 1. The van der Waals surface area contributed by atoms with Crippen molar-refractivity contribution in [3.8, 4) is 0 Å². The van der Waals surface area contributed by atoms with E-state index in [0.717, 1.165) is 35.3 Å². The summed E-state index contributed by atoms with van der Waals surface area (Å²) in [5.41, 5.74) is 5.77. The van der Waals surface area contributed by atoms with Crippen LogP contribution in [0.2, 0.25) is 0 Å². The van der Waals surface area contributed by atoms with Gasteiger partial charge >= 0.3 is 0 Å². The Morgan fingerprint density at radius 1 is 1.39 bits per heavy atom. The summed E-state index contributed by atoms with van der Waals surface area (Å²) in [4.78, 5) is 8.60. The van der Waals surface area contributed by atoms with Crippen LogP contribution in [0.4, 0.5) is 11.6 Å². The lowest BCUT2D eigenvalue weighted by Crippen LogP contribution is -2.20. The molecule has 3 N–H and O–H groups in total. The second kappa shape index (κ2) is 4.96. The summed E-state index contributed by atoms with van der Waals surface area (Å²) in [7, 11) is 0. The van der Waals surface area contributed by atoms with Crippen LogP contribution in [-0.2, 0) is 0 Å². The highest BCUT2D eigenvalue weighted by atomic mass is 32.2. The average Bonchev–Trinajstić information content (AvgIpc) is 2.97. The fourth-order valence-corrected chi connectivity index (χ4v) is 3.87. The number of anilines is 2. The van der Waals surface area contributed by atoms with Crippen molar-refractivity contribution >= 4 is 23.4 Å². The van der Waals surface area contributed by atoms with Gasteiger partial charge in [-0.1, -0.05) is 18.2 Å². The molecule has 4 nitrogen and oxygen atoms in total. The summed E-state index contributed by atoms with van der Waals surface area (Å²) in [6, 6.07) is 1.83. The average molecular weight is 264 g/mol. The van der Waals surface area contributed by atoms with Crippen LogP contribution in [0.15, 0.2) is 11.2 Å². The number of aromatic nitrogens is 2. The van der Waals surface area contributed by atoms with Crippen LogP contribution in [-0.4, -0.2) is 22.8 Å². The Kier molecular flexibility index (Phi) is 3.33. The van der Waals surface area contributed by atoms with Gasteiger partial charge in [-0.2, -0.15) is 0 Å². The highest BCUT2D eigenvalue weighted by Gasteiger charge is 2.39. The molecule has 0 amide bonds. The lowest BCUT2D eigenvalue weighted by atomic mass is 9.89. The Morgan fingerprint density at radius 3 is 2.94 bits per heavy atom. The normalized spacial score (nSPS) is 29.7. The molecule has 0 aliphatic heterocycles. The molecule has 3 rings (SSSR count). The molecule has 2 aliphatic rings. The minimum atomic E-state index is 0.546. The number of nitrogens with zero attached hydrogens (tertiary/aromatic N) is 2. The maximum Gasteiger partial charge on any atom is 0.191 e. The van der Waals surface area contributed by atoms with Crippen molar-refractivity contribution in [1.29, 1.82) is 0 Å². The lowest BCUT2D eigenvalue weighted by molar-refractivity contribution is 0.348. The molecule has 1 aromatic heterocycles. The number of nitrogens with one attached hydrogen (secondary N) is 1. The Balaban J connectivity index is 1.61. The van der Waals surface area contributed by atoms with Gasteiger partial charge in [-0.15, -0.1) is 0 Å². The van der Waals surface area contributed by atoms with E-state index < -0.39 is 0 Å². The highest BCUT2D eigenvalue weighted by Crippen LogP contribution is 2.48. The smallest absolute Gasteiger partial charge is 0.191 e. The van der Waals surface area contributed by atoms with Crippen LogP contribution in [0.5, 0.6) is 0 Å². The summed E-state index contributed by atoms with van der Waals surface area (Å²) in [6.07, 6.45) is 7.70. The van der Waals surface area contributed by atoms with Gasteiger partial charge < -0.3 is 11.1 Å². The molecule has 2 saturated carbocycles. The van der Waals surface area contributed by atoms with Crippen molar-refractivity contribution in [1.82, 2.24) is 9.97 Å². The first kappa shape index (κ1) is 12.1. The second-order valence-electron chi connectivity index (χ2n) is 5.48. The van der Waals surface area contributed by atoms with Gasteiger partial charge in [0, 0.05) is 12.6 Å². The van der Waals surface area contributed by atoms with Gasteiger partial charge in [0.1, 0.15) is 11.6 Å². The van der Waals surface area contributed by atoms with Crippen LogP contribution in [0.3, 0.4) is 0 Å². The maximum absolute atomic E-state index is 5.77. The molecule has 3 atom stereocenters. The van der Waals surface area contributed by atoms with Crippen molar-refractivity contribution < 1.29 is 0 Å². The molecule has 2 aliphatic carbocycles. The van der Waals surface area contributed by atoms with Gasteiger partial charge in [-0.3, -0.25) is 0 Å². The van der Waals surface area contributed by atoms with E-state index in [4.69, 9.17) is 5.73 Å². The van der Waals surface area contributed by atoms with E-state index in [0.29, 0.717) is 5.82 Å². The van der Waals surface area contributed by atoms with Gasteiger partial charge in [0.15, 0.2) is 5.16 Å². The van der Waals surface area contributed by atoms with Crippen molar-refractivity contribution in [3.63, 3.8) is 0 Å². The van der Waals surface area contributed by atoms with Crippen molar-refractivity contribution in [3.05, 3.63) is 6.07 Å². The summed E-state index contributed by atoms with van der Waals surface area (Å²) in [5.74, 6) is 4.19. The number of hydrogen-bond acceptors (Lipinski definition) is 5. The first-order chi connectivity index (χ1) is 8.74. The van der Waals surface area contributed by atoms with Gasteiger partial charge in [0.05, 0.1) is 0 Å². The van der Waals surface area contributed by atoms with E-state index >= 15 is 0 Å². The number of fused-ring (bicyclic) bond motifs is 2. The molecule has 98 valence electrons. The third-order valence-corrected chi connectivity index (χ3v) is 4.89. The Morgan fingerprint density at radius 2 is 2.28 bits per heavy atom. The summed E-state index contributed by atoms with van der Waals surface area (Å²) < 4.78 is 0. The molecule has 3 unspecified atom stereocenters. The zero-order valence-electron chi connectivity index (χ0n) is 10.7. The number of hydrogen-bond donors (Lipinski definition) is 2. The van der Waals surface area contributed by atoms with Crippen LogP contribution >= 0.6 is 11.8 Å². The van der Waals surface area contributed by atoms with Crippen molar-refractivity contribution in [2.75, 3.05) is 23.9 Å². The largest absolute Gasteiger partial charge is 0.383 e. The third kappa shape index (κ3) is 2.41. The molecule has 18 heavy (non-hydrogen) atoms. The Bertz CT molecular complexity index is 437. The zero-order chi connectivity index (χ0) is 12.5. The van der Waals surface area contributed by atoms with Crippen LogP contribution in [0.1, 0.15) is 25.7 Å². The lowest BCUT2D eigenvalue weighted by Gasteiger charge is -2.22. The third-order valence-electron chi connectivity index (χ3n) is 4.34. The number of rotatable bonds is 4. The van der Waals surface area contributed by atoms with Crippen molar-refractivity contribution in [2.45, 2.75) is 30.8 Å².